The van der Waals surface area contributed by atoms with Crippen molar-refractivity contribution in [1.82, 2.24) is 0 Å². The predicted octanol–water partition coefficient (Wildman–Crippen LogP) is 2.68. The second kappa shape index (κ2) is 4.73. The molecule has 1 fully saturated rings. The van der Waals surface area contributed by atoms with Gasteiger partial charge in [0.25, 0.3) is 0 Å². The molecular weight excluding hydrogens is 228 g/mol. The number of ether oxygens (including phenoxy) is 2. The van der Waals surface area contributed by atoms with Gasteiger partial charge >= 0.3 is 0 Å². The van der Waals surface area contributed by atoms with Gasteiger partial charge in [-0.15, -0.1) is 0 Å². The van der Waals surface area contributed by atoms with Crippen LogP contribution in [-0.2, 0) is 14.9 Å². The maximum Gasteiger partial charge on any atom is 0.145 e. The van der Waals surface area contributed by atoms with Crippen LogP contribution in [0.15, 0.2) is 18.2 Å². The number of carbonyl (C=O) groups is 1. The first-order valence-electron chi connectivity index (χ1n) is 6.28. The van der Waals surface area contributed by atoms with Gasteiger partial charge in [-0.3, -0.25) is 4.79 Å². The summed E-state index contributed by atoms with van der Waals surface area (Å²) in [5, 5.41) is 0. The number of benzene rings is 1. The fraction of sp³-hybridized carbons (Fsp3) is 0.533. The highest BCUT2D eigenvalue weighted by atomic mass is 16.5. The zero-order chi connectivity index (χ0) is 13.3. The third-order valence-electron chi connectivity index (χ3n) is 3.78. The van der Waals surface area contributed by atoms with Gasteiger partial charge in [-0.1, -0.05) is 26.0 Å². The molecule has 0 bridgehead atoms. The maximum atomic E-state index is 11.9. The van der Waals surface area contributed by atoms with Crippen LogP contribution in [-0.4, -0.2) is 26.1 Å². The highest BCUT2D eigenvalue weighted by Crippen LogP contribution is 2.39. The van der Waals surface area contributed by atoms with Gasteiger partial charge in [-0.2, -0.15) is 0 Å². The molecule has 2 rings (SSSR count). The van der Waals surface area contributed by atoms with E-state index in [-0.39, 0.29) is 5.78 Å². The minimum absolute atomic E-state index is 0.143. The number of methoxy groups -OCH3 is 1. The molecule has 0 atom stereocenters. The Hall–Kier alpha value is -1.35. The van der Waals surface area contributed by atoms with Crippen molar-refractivity contribution in [3.63, 3.8) is 0 Å². The van der Waals surface area contributed by atoms with E-state index in [4.69, 9.17) is 9.47 Å². The Labute approximate surface area is 108 Å². The molecule has 1 heterocycles. The molecular formula is C15H20O3. The number of hydrogen-bond donors (Lipinski definition) is 0. The first kappa shape index (κ1) is 13.1. The fourth-order valence-electron chi connectivity index (χ4n) is 2.32. The van der Waals surface area contributed by atoms with Crippen LogP contribution < -0.4 is 4.74 Å². The molecule has 1 saturated heterocycles. The zero-order valence-electron chi connectivity index (χ0n) is 11.4. The van der Waals surface area contributed by atoms with Crippen molar-refractivity contribution in [3.05, 3.63) is 29.3 Å². The SMILES string of the molecule is COc1cc(C(C)C)ccc1C1(C(C)=O)COC1. The summed E-state index contributed by atoms with van der Waals surface area (Å²) in [5.74, 6) is 1.38. The van der Waals surface area contributed by atoms with Gasteiger partial charge in [-0.05, 0) is 24.5 Å². The summed E-state index contributed by atoms with van der Waals surface area (Å²) in [6.07, 6.45) is 0. The topological polar surface area (TPSA) is 35.5 Å². The van der Waals surface area contributed by atoms with Gasteiger partial charge in [0.1, 0.15) is 16.9 Å². The molecule has 0 unspecified atom stereocenters. The van der Waals surface area contributed by atoms with E-state index in [2.05, 4.69) is 19.9 Å². The first-order chi connectivity index (χ1) is 8.51. The van der Waals surface area contributed by atoms with Crippen LogP contribution >= 0.6 is 0 Å². The second-order valence-corrected chi connectivity index (χ2v) is 5.25. The van der Waals surface area contributed by atoms with E-state index >= 15 is 0 Å². The molecule has 3 heteroatoms. The molecule has 0 N–H and O–H groups in total. The molecule has 0 saturated carbocycles. The summed E-state index contributed by atoms with van der Waals surface area (Å²) in [6, 6.07) is 6.12. The Morgan fingerprint density at radius 1 is 1.39 bits per heavy atom. The van der Waals surface area contributed by atoms with Crippen molar-refractivity contribution >= 4 is 5.78 Å². The van der Waals surface area contributed by atoms with Crippen LogP contribution in [0.5, 0.6) is 5.75 Å². The van der Waals surface area contributed by atoms with E-state index in [9.17, 15) is 4.79 Å². The molecule has 1 aliphatic rings. The van der Waals surface area contributed by atoms with Crippen molar-refractivity contribution < 1.29 is 14.3 Å². The summed E-state index contributed by atoms with van der Waals surface area (Å²) < 4.78 is 10.7. The molecule has 1 aromatic rings. The van der Waals surface area contributed by atoms with Crippen molar-refractivity contribution in [3.8, 4) is 5.75 Å². The van der Waals surface area contributed by atoms with E-state index in [1.165, 1.54) is 5.56 Å². The molecule has 0 amide bonds. The Bertz CT molecular complexity index is 459. The van der Waals surface area contributed by atoms with Crippen LogP contribution in [0.4, 0.5) is 0 Å². The molecule has 18 heavy (non-hydrogen) atoms. The minimum atomic E-state index is -0.499. The molecule has 0 spiro atoms. The predicted molar refractivity (Wildman–Crippen MR) is 70.3 cm³/mol. The van der Waals surface area contributed by atoms with E-state index in [0.717, 1.165) is 11.3 Å². The number of ketones is 1. The monoisotopic (exact) mass is 248 g/mol. The Morgan fingerprint density at radius 3 is 2.44 bits per heavy atom. The largest absolute Gasteiger partial charge is 0.496 e. The summed E-state index contributed by atoms with van der Waals surface area (Å²) in [4.78, 5) is 11.9. The van der Waals surface area contributed by atoms with Crippen LogP contribution in [0.2, 0.25) is 0 Å². The lowest BCUT2D eigenvalue weighted by molar-refractivity contribution is -0.140. The second-order valence-electron chi connectivity index (χ2n) is 5.25. The van der Waals surface area contributed by atoms with Gasteiger partial charge in [0.05, 0.1) is 20.3 Å². The lowest BCUT2D eigenvalue weighted by atomic mass is 9.74. The summed E-state index contributed by atoms with van der Waals surface area (Å²) in [6.45, 7) is 6.82. The van der Waals surface area contributed by atoms with E-state index in [1.54, 1.807) is 14.0 Å². The van der Waals surface area contributed by atoms with Crippen molar-refractivity contribution in [1.29, 1.82) is 0 Å². The number of Topliss-reactive ketones (excluding diaryl/α,β-unsaturated/α-hetero) is 1. The van der Waals surface area contributed by atoms with Gasteiger partial charge in [0.15, 0.2) is 0 Å². The van der Waals surface area contributed by atoms with Crippen molar-refractivity contribution in [2.75, 3.05) is 20.3 Å². The lowest BCUT2D eigenvalue weighted by Crippen LogP contribution is -2.52. The molecule has 0 aliphatic carbocycles. The van der Waals surface area contributed by atoms with E-state index in [1.807, 2.05) is 12.1 Å². The standard InChI is InChI=1S/C15H20O3/c1-10(2)12-5-6-13(14(7-12)17-4)15(11(3)16)8-18-9-15/h5-7,10H,8-9H2,1-4H3. The molecule has 3 nitrogen and oxygen atoms in total. The number of carbonyl (C=O) groups excluding carboxylic acids is 1. The first-order valence-corrected chi connectivity index (χ1v) is 6.28. The van der Waals surface area contributed by atoms with Gasteiger partial charge in [-0.25, -0.2) is 0 Å². The highest BCUT2D eigenvalue weighted by molar-refractivity contribution is 5.90. The molecule has 98 valence electrons. The van der Waals surface area contributed by atoms with Gasteiger partial charge in [0.2, 0.25) is 0 Å². The zero-order valence-corrected chi connectivity index (χ0v) is 11.4. The third kappa shape index (κ3) is 1.93. The third-order valence-corrected chi connectivity index (χ3v) is 3.78. The van der Waals surface area contributed by atoms with Crippen molar-refractivity contribution in [2.45, 2.75) is 32.1 Å². The number of rotatable bonds is 4. The fourth-order valence-corrected chi connectivity index (χ4v) is 2.32. The Kier molecular flexibility index (Phi) is 3.44. The molecule has 0 radical (unpaired) electrons. The minimum Gasteiger partial charge on any atom is -0.496 e. The number of hydrogen-bond acceptors (Lipinski definition) is 3. The van der Waals surface area contributed by atoms with Crippen molar-refractivity contribution in [2.24, 2.45) is 0 Å². The summed E-state index contributed by atoms with van der Waals surface area (Å²) >= 11 is 0. The van der Waals surface area contributed by atoms with Crippen LogP contribution in [0.1, 0.15) is 37.8 Å². The average Bonchev–Trinajstić information content (AvgIpc) is 2.27. The quantitative estimate of drug-likeness (QED) is 0.821. The van der Waals surface area contributed by atoms with Crippen LogP contribution in [0.3, 0.4) is 0 Å². The van der Waals surface area contributed by atoms with Gasteiger partial charge in [0, 0.05) is 5.56 Å². The Balaban J connectivity index is 2.47. The highest BCUT2D eigenvalue weighted by Gasteiger charge is 2.46. The summed E-state index contributed by atoms with van der Waals surface area (Å²) in [5.41, 5.74) is 1.67. The lowest BCUT2D eigenvalue weighted by Gasteiger charge is -2.40. The molecule has 1 aromatic carbocycles. The smallest absolute Gasteiger partial charge is 0.145 e. The van der Waals surface area contributed by atoms with Crippen LogP contribution in [0, 0.1) is 0 Å². The molecule has 0 aromatic heterocycles. The normalized spacial score (nSPS) is 17.4. The van der Waals surface area contributed by atoms with Crippen LogP contribution in [0.25, 0.3) is 0 Å². The van der Waals surface area contributed by atoms with Gasteiger partial charge < -0.3 is 9.47 Å². The average molecular weight is 248 g/mol. The summed E-state index contributed by atoms with van der Waals surface area (Å²) in [7, 11) is 1.65. The van der Waals surface area contributed by atoms with E-state index < -0.39 is 5.41 Å². The molecule has 1 aliphatic heterocycles. The Morgan fingerprint density at radius 2 is 2.06 bits per heavy atom. The maximum absolute atomic E-state index is 11.9. The van der Waals surface area contributed by atoms with E-state index in [0.29, 0.717) is 19.1 Å².